The summed E-state index contributed by atoms with van der Waals surface area (Å²) in [5, 5.41) is 0.788. The molecule has 19 heavy (non-hydrogen) atoms. The molecular formula is C13H20ClO3PS. The van der Waals surface area contributed by atoms with Crippen molar-refractivity contribution in [2.45, 2.75) is 26.7 Å². The zero-order valence-electron chi connectivity index (χ0n) is 11.3. The lowest BCUT2D eigenvalue weighted by molar-refractivity contribution is 0.166. The first-order valence-corrected chi connectivity index (χ1v) is 9.31. The van der Waals surface area contributed by atoms with Gasteiger partial charge in [0.2, 0.25) is 0 Å². The molecule has 0 bridgehead atoms. The third-order valence-electron chi connectivity index (χ3n) is 2.37. The molecule has 0 aliphatic carbocycles. The first kappa shape index (κ1) is 17.1. The van der Waals surface area contributed by atoms with Crippen LogP contribution in [0.4, 0.5) is 0 Å². The van der Waals surface area contributed by atoms with Crippen LogP contribution in [0, 0.1) is 0 Å². The largest absolute Gasteiger partial charge is 0.327 e. The Morgan fingerprint density at radius 1 is 1.11 bits per heavy atom. The van der Waals surface area contributed by atoms with Gasteiger partial charge in [-0.15, -0.1) is 0 Å². The van der Waals surface area contributed by atoms with E-state index in [4.69, 9.17) is 37.0 Å². The maximum atomic E-state index is 6.09. The maximum Gasteiger partial charge on any atom is 0.327 e. The molecule has 108 valence electrons. The van der Waals surface area contributed by atoms with E-state index in [9.17, 15) is 0 Å². The second-order valence-electron chi connectivity index (χ2n) is 3.81. The molecule has 0 spiro atoms. The predicted octanol–water partition coefficient (Wildman–Crippen LogP) is 4.59. The molecule has 3 nitrogen and oxygen atoms in total. The summed E-state index contributed by atoms with van der Waals surface area (Å²) >= 11 is 11.4. The molecule has 1 aromatic rings. The first-order chi connectivity index (χ1) is 9.11. The second kappa shape index (κ2) is 9.06. The average molecular weight is 323 g/mol. The first-order valence-electron chi connectivity index (χ1n) is 6.38. The van der Waals surface area contributed by atoms with Crippen molar-refractivity contribution in [3.63, 3.8) is 0 Å². The fourth-order valence-corrected chi connectivity index (χ4v) is 3.86. The van der Waals surface area contributed by atoms with Gasteiger partial charge in [-0.25, -0.2) is 0 Å². The van der Waals surface area contributed by atoms with E-state index in [1.807, 2.05) is 38.1 Å². The smallest absolute Gasteiger partial charge is 0.309 e. The topological polar surface area (TPSA) is 27.7 Å². The van der Waals surface area contributed by atoms with Crippen molar-refractivity contribution in [1.82, 2.24) is 0 Å². The molecule has 0 amide bonds. The highest BCUT2D eigenvalue weighted by atomic mass is 35.5. The van der Waals surface area contributed by atoms with E-state index >= 15 is 0 Å². The quantitative estimate of drug-likeness (QED) is 0.491. The van der Waals surface area contributed by atoms with Gasteiger partial charge in [0, 0.05) is 5.02 Å². The summed E-state index contributed by atoms with van der Waals surface area (Å²) in [6.45, 7) is 2.73. The van der Waals surface area contributed by atoms with Crippen LogP contribution < -0.4 is 0 Å². The van der Waals surface area contributed by atoms with Crippen molar-refractivity contribution in [2.75, 3.05) is 19.8 Å². The van der Waals surface area contributed by atoms with Gasteiger partial charge in [0.1, 0.15) is 0 Å². The van der Waals surface area contributed by atoms with Gasteiger partial charge in [-0.05, 0) is 50.1 Å². The Labute approximate surface area is 125 Å². The number of hydrogen-bond donors (Lipinski definition) is 0. The monoisotopic (exact) mass is 322 g/mol. The third kappa shape index (κ3) is 6.35. The molecule has 1 aromatic carbocycles. The number of benzene rings is 1. The van der Waals surface area contributed by atoms with E-state index in [0.717, 1.165) is 23.4 Å². The molecule has 0 saturated heterocycles. The van der Waals surface area contributed by atoms with Crippen molar-refractivity contribution in [3.05, 3.63) is 34.9 Å². The van der Waals surface area contributed by atoms with Gasteiger partial charge >= 0.3 is 6.72 Å². The zero-order valence-corrected chi connectivity index (χ0v) is 13.8. The molecule has 1 rings (SSSR count). The summed E-state index contributed by atoms with van der Waals surface area (Å²) in [4.78, 5) is 0. The van der Waals surface area contributed by atoms with E-state index < -0.39 is 6.72 Å². The van der Waals surface area contributed by atoms with Crippen molar-refractivity contribution in [2.24, 2.45) is 0 Å². The lowest BCUT2D eigenvalue weighted by Gasteiger charge is -2.20. The van der Waals surface area contributed by atoms with Crippen LogP contribution in [0.3, 0.4) is 0 Å². The van der Waals surface area contributed by atoms with Gasteiger partial charge in [-0.1, -0.05) is 29.8 Å². The zero-order chi connectivity index (χ0) is 14.1. The minimum atomic E-state index is -2.55. The van der Waals surface area contributed by atoms with Crippen molar-refractivity contribution in [3.8, 4) is 0 Å². The van der Waals surface area contributed by atoms with Gasteiger partial charge in [-0.3, -0.25) is 0 Å². The lowest BCUT2D eigenvalue weighted by atomic mass is 10.1. The molecule has 0 atom stereocenters. The minimum absolute atomic E-state index is 0.502. The SMILES string of the molecule is CCOP(=S)(OCC)OCCCc1ccccc1Cl. The second-order valence-corrected chi connectivity index (χ2v) is 7.23. The van der Waals surface area contributed by atoms with Crippen LogP contribution >= 0.6 is 18.3 Å². The molecule has 0 unspecified atom stereocenters. The highest BCUT2D eigenvalue weighted by molar-refractivity contribution is 8.07. The number of hydrogen-bond acceptors (Lipinski definition) is 4. The standard InChI is InChI=1S/C13H20ClO3PS/c1-3-15-18(19,16-4-2)17-11-7-9-12-8-5-6-10-13(12)14/h5-6,8,10H,3-4,7,9,11H2,1-2H3. The highest BCUT2D eigenvalue weighted by Crippen LogP contribution is 2.49. The number of halogens is 1. The van der Waals surface area contributed by atoms with E-state index in [0.29, 0.717) is 19.8 Å². The normalized spacial score (nSPS) is 11.7. The van der Waals surface area contributed by atoms with E-state index in [1.165, 1.54) is 0 Å². The molecule has 0 aromatic heterocycles. The van der Waals surface area contributed by atoms with Crippen molar-refractivity contribution >= 4 is 30.1 Å². The number of rotatable bonds is 9. The summed E-state index contributed by atoms with van der Waals surface area (Å²) in [7, 11) is 0. The fourth-order valence-electron chi connectivity index (χ4n) is 1.57. The molecule has 0 radical (unpaired) electrons. The highest BCUT2D eigenvalue weighted by Gasteiger charge is 2.18. The van der Waals surface area contributed by atoms with Crippen LogP contribution in [0.5, 0.6) is 0 Å². The van der Waals surface area contributed by atoms with Crippen LogP contribution in [-0.4, -0.2) is 19.8 Å². The summed E-state index contributed by atoms with van der Waals surface area (Å²) in [5.74, 6) is 0. The molecule has 0 saturated carbocycles. The number of aryl methyl sites for hydroxylation is 1. The van der Waals surface area contributed by atoms with Gasteiger partial charge < -0.3 is 13.6 Å². The summed E-state index contributed by atoms with van der Waals surface area (Å²) in [6, 6.07) is 7.81. The molecule has 0 aliphatic heterocycles. The Kier molecular flexibility index (Phi) is 8.15. The van der Waals surface area contributed by atoms with Crippen LogP contribution in [0.1, 0.15) is 25.8 Å². The summed E-state index contributed by atoms with van der Waals surface area (Å²) in [6.07, 6.45) is 1.69. The van der Waals surface area contributed by atoms with Crippen molar-refractivity contribution in [1.29, 1.82) is 0 Å². The van der Waals surface area contributed by atoms with Crippen LogP contribution in [0.2, 0.25) is 5.02 Å². The fraction of sp³-hybridized carbons (Fsp3) is 0.538. The lowest BCUT2D eigenvalue weighted by Crippen LogP contribution is -2.02. The average Bonchev–Trinajstić information content (AvgIpc) is 2.37. The van der Waals surface area contributed by atoms with E-state index in [-0.39, 0.29) is 0 Å². The molecule has 6 heteroatoms. The van der Waals surface area contributed by atoms with Gasteiger partial charge in [0.05, 0.1) is 19.8 Å². The third-order valence-corrected chi connectivity index (χ3v) is 5.34. The van der Waals surface area contributed by atoms with Crippen LogP contribution in [0.25, 0.3) is 0 Å². The Morgan fingerprint density at radius 2 is 1.74 bits per heavy atom. The Bertz CT molecular complexity index is 418. The summed E-state index contributed by atoms with van der Waals surface area (Å²) in [5.41, 5.74) is 1.12. The minimum Gasteiger partial charge on any atom is -0.309 e. The Morgan fingerprint density at radius 3 is 2.32 bits per heavy atom. The van der Waals surface area contributed by atoms with Gasteiger partial charge in [0.15, 0.2) is 0 Å². The van der Waals surface area contributed by atoms with E-state index in [2.05, 4.69) is 0 Å². The van der Waals surface area contributed by atoms with Crippen molar-refractivity contribution < 1.29 is 13.6 Å². The maximum absolute atomic E-state index is 6.09. The van der Waals surface area contributed by atoms with Crippen LogP contribution in [0.15, 0.2) is 24.3 Å². The molecular weight excluding hydrogens is 303 g/mol. The predicted molar refractivity (Wildman–Crippen MR) is 83.3 cm³/mol. The van der Waals surface area contributed by atoms with Crippen LogP contribution in [-0.2, 0) is 31.8 Å². The summed E-state index contributed by atoms with van der Waals surface area (Å²) < 4.78 is 16.4. The van der Waals surface area contributed by atoms with E-state index in [1.54, 1.807) is 0 Å². The molecule has 0 heterocycles. The Balaban J connectivity index is 2.37. The molecule has 0 fully saturated rings. The molecule has 0 N–H and O–H groups in total. The molecule has 0 aliphatic rings. The Hall–Kier alpha value is 0.0400. The van der Waals surface area contributed by atoms with Gasteiger partial charge in [0.25, 0.3) is 0 Å². The van der Waals surface area contributed by atoms with Gasteiger partial charge in [-0.2, -0.15) is 0 Å².